The molecule has 2 aromatic rings. The van der Waals surface area contributed by atoms with Crippen LogP contribution in [0.1, 0.15) is 11.4 Å². The van der Waals surface area contributed by atoms with Crippen LogP contribution < -0.4 is 10.2 Å². The zero-order valence-electron chi connectivity index (χ0n) is 11.3. The first-order valence-electron chi connectivity index (χ1n) is 6.12. The molecule has 110 valence electrons. The summed E-state index contributed by atoms with van der Waals surface area (Å²) < 4.78 is 0. The topological polar surface area (TPSA) is 124 Å². The number of aryl methyl sites for hydroxylation is 1. The Labute approximate surface area is 120 Å². The number of tetrazole rings is 1. The maximum atomic E-state index is 12.1. The van der Waals surface area contributed by atoms with E-state index in [9.17, 15) is 9.59 Å². The number of aliphatic carboxylic acids is 1. The monoisotopic (exact) mass is 290 g/mol. The number of carbonyl (C=O) groups excluding carboxylic acids is 1. The number of urea groups is 1. The molecule has 0 spiro atoms. The van der Waals surface area contributed by atoms with Crippen LogP contribution in [0.25, 0.3) is 0 Å². The largest absolute Gasteiger partial charge is 0.480 e. The van der Waals surface area contributed by atoms with Crippen molar-refractivity contribution in [2.75, 3.05) is 11.4 Å². The second-order valence-corrected chi connectivity index (χ2v) is 4.30. The lowest BCUT2D eigenvalue weighted by Crippen LogP contribution is -2.42. The summed E-state index contributed by atoms with van der Waals surface area (Å²) >= 11 is 0. The molecular formula is C12H14N6O3. The fourth-order valence-electron chi connectivity index (χ4n) is 1.65. The van der Waals surface area contributed by atoms with Gasteiger partial charge in [0.25, 0.3) is 0 Å². The summed E-state index contributed by atoms with van der Waals surface area (Å²) in [5, 5.41) is 24.5. The number of H-pyrrole nitrogens is 1. The lowest BCUT2D eigenvalue weighted by atomic mass is 10.2. The molecule has 9 nitrogen and oxygen atoms in total. The van der Waals surface area contributed by atoms with Gasteiger partial charge in [-0.3, -0.25) is 9.69 Å². The Morgan fingerprint density at radius 2 is 2.05 bits per heavy atom. The van der Waals surface area contributed by atoms with Crippen molar-refractivity contribution in [2.45, 2.75) is 13.5 Å². The number of nitrogens with zero attached hydrogens (tertiary/aromatic N) is 4. The molecule has 2 amide bonds. The van der Waals surface area contributed by atoms with Crippen molar-refractivity contribution in [3.05, 3.63) is 35.7 Å². The third kappa shape index (κ3) is 4.00. The number of carbonyl (C=O) groups is 2. The second kappa shape index (κ2) is 6.46. The number of benzene rings is 1. The number of anilines is 1. The summed E-state index contributed by atoms with van der Waals surface area (Å²) in [6.07, 6.45) is 0. The highest BCUT2D eigenvalue weighted by Crippen LogP contribution is 2.15. The summed E-state index contributed by atoms with van der Waals surface area (Å²) in [6.45, 7) is 1.51. The van der Waals surface area contributed by atoms with Crippen LogP contribution in [0.2, 0.25) is 0 Å². The van der Waals surface area contributed by atoms with Crippen molar-refractivity contribution in [2.24, 2.45) is 0 Å². The van der Waals surface area contributed by atoms with Gasteiger partial charge < -0.3 is 10.4 Å². The van der Waals surface area contributed by atoms with Gasteiger partial charge in [-0.2, -0.15) is 5.21 Å². The number of amides is 2. The summed E-state index contributed by atoms with van der Waals surface area (Å²) in [5.74, 6) is -0.798. The Morgan fingerprint density at radius 3 is 2.62 bits per heavy atom. The van der Waals surface area contributed by atoms with Crippen molar-refractivity contribution in [3.63, 3.8) is 0 Å². The summed E-state index contributed by atoms with van der Waals surface area (Å²) in [5.41, 5.74) is 1.51. The number of aromatic nitrogens is 4. The molecule has 21 heavy (non-hydrogen) atoms. The fraction of sp³-hybridized carbons (Fsp3) is 0.250. The van der Waals surface area contributed by atoms with Crippen LogP contribution in [0, 0.1) is 6.92 Å². The zero-order valence-corrected chi connectivity index (χ0v) is 11.3. The lowest BCUT2D eigenvalue weighted by molar-refractivity contribution is -0.135. The van der Waals surface area contributed by atoms with Gasteiger partial charge in [0, 0.05) is 5.69 Å². The van der Waals surface area contributed by atoms with E-state index in [2.05, 4.69) is 25.9 Å². The predicted octanol–water partition coefficient (Wildman–Crippen LogP) is 0.309. The molecule has 2 rings (SSSR count). The lowest BCUT2D eigenvalue weighted by Gasteiger charge is -2.21. The Bertz CT molecular complexity index is 610. The van der Waals surface area contributed by atoms with E-state index in [1.165, 1.54) is 0 Å². The molecule has 0 bridgehead atoms. The van der Waals surface area contributed by atoms with Gasteiger partial charge in [-0.1, -0.05) is 22.9 Å². The van der Waals surface area contributed by atoms with E-state index in [0.717, 1.165) is 10.5 Å². The molecule has 0 fully saturated rings. The average Bonchev–Trinajstić information content (AvgIpc) is 2.96. The van der Waals surface area contributed by atoms with E-state index in [1.807, 2.05) is 6.92 Å². The standard InChI is InChI=1S/C12H14N6O3/c1-8-2-4-9(5-3-8)18(7-11(19)20)12(21)13-6-10-14-16-17-15-10/h2-5H,6-7H2,1H3,(H,13,21)(H,19,20)(H,14,15,16,17). The summed E-state index contributed by atoms with van der Waals surface area (Å²) in [7, 11) is 0. The molecule has 0 saturated heterocycles. The van der Waals surface area contributed by atoms with E-state index >= 15 is 0 Å². The molecular weight excluding hydrogens is 276 g/mol. The summed E-state index contributed by atoms with van der Waals surface area (Å²) in [6, 6.07) is 6.43. The molecule has 0 unspecified atom stereocenters. The Morgan fingerprint density at radius 1 is 1.33 bits per heavy atom. The Kier molecular flexibility index (Phi) is 4.44. The SMILES string of the molecule is Cc1ccc(N(CC(=O)O)C(=O)NCc2nn[nH]n2)cc1. The molecule has 1 aromatic carbocycles. The molecule has 0 radical (unpaired) electrons. The number of carboxylic acid groups (broad SMARTS) is 1. The Balaban J connectivity index is 2.09. The van der Waals surface area contributed by atoms with Gasteiger partial charge in [0.05, 0.1) is 6.54 Å². The highest BCUT2D eigenvalue weighted by molar-refractivity contribution is 5.96. The predicted molar refractivity (Wildman–Crippen MR) is 72.6 cm³/mol. The average molecular weight is 290 g/mol. The van der Waals surface area contributed by atoms with Crippen LogP contribution in [-0.4, -0.2) is 44.3 Å². The van der Waals surface area contributed by atoms with Gasteiger partial charge in [-0.15, -0.1) is 10.2 Å². The van der Waals surface area contributed by atoms with Gasteiger partial charge in [-0.05, 0) is 19.1 Å². The van der Waals surface area contributed by atoms with Crippen molar-refractivity contribution in [1.29, 1.82) is 0 Å². The molecule has 0 aliphatic rings. The van der Waals surface area contributed by atoms with Gasteiger partial charge in [-0.25, -0.2) is 4.79 Å². The smallest absolute Gasteiger partial charge is 0.323 e. The second-order valence-electron chi connectivity index (χ2n) is 4.30. The van der Waals surface area contributed by atoms with Crippen LogP contribution in [0.15, 0.2) is 24.3 Å². The number of nitrogens with one attached hydrogen (secondary N) is 2. The molecule has 0 aliphatic carbocycles. The van der Waals surface area contributed by atoms with Gasteiger partial charge in [0.15, 0.2) is 5.82 Å². The van der Waals surface area contributed by atoms with Gasteiger partial charge in [0.1, 0.15) is 6.54 Å². The first kappa shape index (κ1) is 14.4. The number of hydrogen-bond acceptors (Lipinski definition) is 5. The maximum Gasteiger partial charge on any atom is 0.323 e. The first-order chi connectivity index (χ1) is 10.1. The number of rotatable bonds is 5. The third-order valence-corrected chi connectivity index (χ3v) is 2.67. The van der Waals surface area contributed by atoms with Crippen LogP contribution in [0.3, 0.4) is 0 Å². The Hall–Kier alpha value is -2.97. The van der Waals surface area contributed by atoms with E-state index in [4.69, 9.17) is 5.11 Å². The third-order valence-electron chi connectivity index (χ3n) is 2.67. The van der Waals surface area contributed by atoms with E-state index < -0.39 is 18.5 Å². The van der Waals surface area contributed by atoms with Crippen molar-refractivity contribution >= 4 is 17.7 Å². The zero-order chi connectivity index (χ0) is 15.2. The molecule has 9 heteroatoms. The quantitative estimate of drug-likeness (QED) is 0.728. The number of aromatic amines is 1. The van der Waals surface area contributed by atoms with E-state index in [0.29, 0.717) is 11.5 Å². The van der Waals surface area contributed by atoms with Crippen LogP contribution >= 0.6 is 0 Å². The normalized spacial score (nSPS) is 10.1. The maximum absolute atomic E-state index is 12.1. The van der Waals surface area contributed by atoms with Crippen LogP contribution in [0.5, 0.6) is 0 Å². The number of carboxylic acids is 1. The van der Waals surface area contributed by atoms with Crippen molar-refractivity contribution in [3.8, 4) is 0 Å². The molecule has 3 N–H and O–H groups in total. The molecule has 1 aromatic heterocycles. The van der Waals surface area contributed by atoms with Crippen molar-refractivity contribution in [1.82, 2.24) is 25.9 Å². The fourth-order valence-corrected chi connectivity index (χ4v) is 1.65. The van der Waals surface area contributed by atoms with Gasteiger partial charge >= 0.3 is 12.0 Å². The van der Waals surface area contributed by atoms with Crippen LogP contribution in [-0.2, 0) is 11.3 Å². The first-order valence-corrected chi connectivity index (χ1v) is 6.12. The minimum atomic E-state index is -1.11. The van der Waals surface area contributed by atoms with Crippen LogP contribution in [0.4, 0.5) is 10.5 Å². The molecule has 0 atom stereocenters. The van der Waals surface area contributed by atoms with Gasteiger partial charge in [0.2, 0.25) is 0 Å². The minimum absolute atomic E-state index is 0.0529. The molecule has 0 aliphatic heterocycles. The number of hydrogen-bond donors (Lipinski definition) is 3. The minimum Gasteiger partial charge on any atom is -0.480 e. The van der Waals surface area contributed by atoms with E-state index in [1.54, 1.807) is 24.3 Å². The highest BCUT2D eigenvalue weighted by Gasteiger charge is 2.18. The molecule has 0 saturated carbocycles. The highest BCUT2D eigenvalue weighted by atomic mass is 16.4. The summed E-state index contributed by atoms with van der Waals surface area (Å²) in [4.78, 5) is 24.2. The van der Waals surface area contributed by atoms with Crippen molar-refractivity contribution < 1.29 is 14.7 Å². The molecule has 1 heterocycles. The van der Waals surface area contributed by atoms with E-state index in [-0.39, 0.29) is 6.54 Å².